The van der Waals surface area contributed by atoms with Crippen molar-refractivity contribution in [3.05, 3.63) is 29.6 Å². The van der Waals surface area contributed by atoms with Gasteiger partial charge < -0.3 is 4.57 Å². The Morgan fingerprint density at radius 3 is 2.77 bits per heavy atom. The van der Waals surface area contributed by atoms with Crippen molar-refractivity contribution in [1.82, 2.24) is 4.57 Å². The highest BCUT2D eigenvalue weighted by Crippen LogP contribution is 2.18. The summed E-state index contributed by atoms with van der Waals surface area (Å²) in [7, 11) is 0. The van der Waals surface area contributed by atoms with Crippen molar-refractivity contribution in [1.29, 1.82) is 0 Å². The van der Waals surface area contributed by atoms with E-state index >= 15 is 0 Å². The van der Waals surface area contributed by atoms with Crippen molar-refractivity contribution in [3.63, 3.8) is 0 Å². The summed E-state index contributed by atoms with van der Waals surface area (Å²) in [6, 6.07) is 2.79. The van der Waals surface area contributed by atoms with Crippen LogP contribution in [0, 0.1) is 6.92 Å². The summed E-state index contributed by atoms with van der Waals surface area (Å²) in [5.74, 6) is 0. The van der Waals surface area contributed by atoms with Crippen LogP contribution in [0.15, 0.2) is 18.3 Å². The molecular weight excluding hydrogens is 158 g/mol. The maximum Gasteiger partial charge on any atom is 0.0302 e. The summed E-state index contributed by atoms with van der Waals surface area (Å²) in [4.78, 5) is 0. The van der Waals surface area contributed by atoms with Gasteiger partial charge in [-0.15, -0.1) is 0 Å². The smallest absolute Gasteiger partial charge is 0.0302 e. The highest BCUT2D eigenvalue weighted by Gasteiger charge is 2.06. The van der Waals surface area contributed by atoms with Crippen molar-refractivity contribution >= 4 is 6.08 Å². The van der Waals surface area contributed by atoms with Crippen LogP contribution in [0.2, 0.25) is 0 Å². The summed E-state index contributed by atoms with van der Waals surface area (Å²) < 4.78 is 2.34. The summed E-state index contributed by atoms with van der Waals surface area (Å²) in [5.41, 5.74) is 2.70. The minimum absolute atomic E-state index is 0.610. The average Bonchev–Trinajstić information content (AvgIpc) is 2.48. The van der Waals surface area contributed by atoms with Crippen molar-refractivity contribution in [2.75, 3.05) is 0 Å². The van der Waals surface area contributed by atoms with Crippen LogP contribution in [0.25, 0.3) is 6.08 Å². The lowest BCUT2D eigenvalue weighted by molar-refractivity contribution is 0.522. The molecule has 1 heteroatoms. The van der Waals surface area contributed by atoms with Crippen LogP contribution >= 0.6 is 0 Å². The fourth-order valence-electron chi connectivity index (χ4n) is 1.57. The maximum atomic E-state index is 2.34. The van der Waals surface area contributed by atoms with E-state index in [4.69, 9.17) is 0 Å². The first kappa shape index (κ1) is 10.1. The van der Waals surface area contributed by atoms with E-state index in [1.165, 1.54) is 17.7 Å². The van der Waals surface area contributed by atoms with Crippen LogP contribution in [-0.4, -0.2) is 4.57 Å². The molecule has 0 radical (unpaired) electrons. The lowest BCUT2D eigenvalue weighted by Crippen LogP contribution is -2.04. The molecule has 0 saturated heterocycles. The predicted molar refractivity (Wildman–Crippen MR) is 58.9 cm³/mol. The van der Waals surface area contributed by atoms with Gasteiger partial charge in [0.1, 0.15) is 0 Å². The van der Waals surface area contributed by atoms with Crippen molar-refractivity contribution in [2.45, 2.75) is 40.2 Å². The number of allylic oxidation sites excluding steroid dienone is 1. The first-order chi connectivity index (χ1) is 6.20. The molecule has 1 unspecified atom stereocenters. The predicted octanol–water partition coefficient (Wildman–Crippen LogP) is 3.80. The first-order valence-electron chi connectivity index (χ1n) is 5.00. The molecule has 0 saturated carbocycles. The Kier molecular flexibility index (Phi) is 3.35. The minimum atomic E-state index is 0.610. The zero-order chi connectivity index (χ0) is 9.84. The fraction of sp³-hybridized carbons (Fsp3) is 0.500. The number of rotatable bonds is 3. The monoisotopic (exact) mass is 177 g/mol. The van der Waals surface area contributed by atoms with Crippen LogP contribution < -0.4 is 0 Å². The molecule has 0 aromatic carbocycles. The van der Waals surface area contributed by atoms with Crippen LogP contribution in [0.1, 0.15) is 44.5 Å². The fourth-order valence-corrected chi connectivity index (χ4v) is 1.57. The van der Waals surface area contributed by atoms with Gasteiger partial charge in [-0.25, -0.2) is 0 Å². The Morgan fingerprint density at radius 1 is 1.54 bits per heavy atom. The van der Waals surface area contributed by atoms with Gasteiger partial charge in [0, 0.05) is 17.9 Å². The lowest BCUT2D eigenvalue weighted by atomic mass is 10.2. The Bertz CT molecular complexity index is 294. The SMILES string of the molecule is C/C=C\c1ccn(C(C)CC)c1C. The molecule has 0 aliphatic heterocycles. The molecule has 1 nitrogen and oxygen atoms in total. The minimum Gasteiger partial charge on any atom is -0.348 e. The van der Waals surface area contributed by atoms with E-state index in [9.17, 15) is 0 Å². The Balaban J connectivity index is 2.98. The second-order valence-electron chi connectivity index (χ2n) is 3.52. The Morgan fingerprint density at radius 2 is 2.23 bits per heavy atom. The largest absolute Gasteiger partial charge is 0.348 e. The van der Waals surface area contributed by atoms with Crippen LogP contribution in [0.3, 0.4) is 0 Å². The van der Waals surface area contributed by atoms with E-state index in [2.05, 4.69) is 56.7 Å². The third kappa shape index (κ3) is 2.03. The second-order valence-corrected chi connectivity index (χ2v) is 3.52. The third-order valence-corrected chi connectivity index (χ3v) is 2.63. The van der Waals surface area contributed by atoms with E-state index in [1.807, 2.05) is 0 Å². The summed E-state index contributed by atoms with van der Waals surface area (Å²) >= 11 is 0. The molecule has 0 aliphatic rings. The van der Waals surface area contributed by atoms with E-state index in [0.29, 0.717) is 6.04 Å². The number of nitrogens with zero attached hydrogens (tertiary/aromatic N) is 1. The van der Waals surface area contributed by atoms with E-state index in [1.54, 1.807) is 0 Å². The van der Waals surface area contributed by atoms with Gasteiger partial charge >= 0.3 is 0 Å². The number of hydrogen-bond donors (Lipinski definition) is 0. The molecule has 1 aromatic heterocycles. The highest BCUT2D eigenvalue weighted by molar-refractivity contribution is 5.51. The zero-order valence-corrected chi connectivity index (χ0v) is 9.04. The molecular formula is C12H19N. The Labute approximate surface area is 81.1 Å². The van der Waals surface area contributed by atoms with Crippen molar-refractivity contribution in [3.8, 4) is 0 Å². The standard InChI is InChI=1S/C12H19N/c1-5-7-12-8-9-13(11(12)4)10(3)6-2/h5,7-10H,6H2,1-4H3/b7-5-. The average molecular weight is 177 g/mol. The molecule has 1 atom stereocenters. The molecule has 72 valence electrons. The molecule has 1 aromatic rings. The van der Waals surface area contributed by atoms with Crippen LogP contribution in [0.5, 0.6) is 0 Å². The van der Waals surface area contributed by atoms with Gasteiger partial charge in [-0.3, -0.25) is 0 Å². The number of aromatic nitrogens is 1. The first-order valence-corrected chi connectivity index (χ1v) is 5.00. The molecule has 0 fully saturated rings. The molecule has 1 heterocycles. The van der Waals surface area contributed by atoms with E-state index < -0.39 is 0 Å². The maximum absolute atomic E-state index is 2.34. The molecule has 1 rings (SSSR count). The van der Waals surface area contributed by atoms with E-state index in [-0.39, 0.29) is 0 Å². The second kappa shape index (κ2) is 4.31. The van der Waals surface area contributed by atoms with Gasteiger partial charge in [-0.05, 0) is 38.8 Å². The third-order valence-electron chi connectivity index (χ3n) is 2.63. The van der Waals surface area contributed by atoms with Gasteiger partial charge in [-0.1, -0.05) is 19.1 Å². The molecule has 0 amide bonds. The molecule has 13 heavy (non-hydrogen) atoms. The summed E-state index contributed by atoms with van der Waals surface area (Å²) in [5, 5.41) is 0. The summed E-state index contributed by atoms with van der Waals surface area (Å²) in [6.45, 7) is 8.72. The topological polar surface area (TPSA) is 4.93 Å². The lowest BCUT2D eigenvalue weighted by Gasteiger charge is -2.13. The molecule has 0 N–H and O–H groups in total. The van der Waals surface area contributed by atoms with Crippen LogP contribution in [0.4, 0.5) is 0 Å². The van der Waals surface area contributed by atoms with Gasteiger partial charge in [0.05, 0.1) is 0 Å². The van der Waals surface area contributed by atoms with Crippen LogP contribution in [-0.2, 0) is 0 Å². The van der Waals surface area contributed by atoms with Gasteiger partial charge in [-0.2, -0.15) is 0 Å². The van der Waals surface area contributed by atoms with Gasteiger partial charge in [0.25, 0.3) is 0 Å². The molecule has 0 aliphatic carbocycles. The Hall–Kier alpha value is -0.980. The quantitative estimate of drug-likeness (QED) is 0.661. The highest BCUT2D eigenvalue weighted by atomic mass is 15.0. The normalized spacial score (nSPS) is 13.8. The van der Waals surface area contributed by atoms with Crippen molar-refractivity contribution in [2.24, 2.45) is 0 Å². The van der Waals surface area contributed by atoms with Crippen molar-refractivity contribution < 1.29 is 0 Å². The molecule has 0 spiro atoms. The van der Waals surface area contributed by atoms with Gasteiger partial charge in [0.2, 0.25) is 0 Å². The van der Waals surface area contributed by atoms with E-state index in [0.717, 1.165) is 0 Å². The zero-order valence-electron chi connectivity index (χ0n) is 9.04. The summed E-state index contributed by atoms with van der Waals surface area (Å²) in [6.07, 6.45) is 7.61. The molecule has 0 bridgehead atoms. The van der Waals surface area contributed by atoms with Gasteiger partial charge in [0.15, 0.2) is 0 Å². The number of hydrogen-bond acceptors (Lipinski definition) is 0.